The van der Waals surface area contributed by atoms with E-state index in [2.05, 4.69) is 0 Å². The molecule has 0 saturated carbocycles. The molecule has 0 aliphatic carbocycles. The molecule has 1 atom stereocenters. The van der Waals surface area contributed by atoms with E-state index in [0.29, 0.717) is 16.8 Å². The number of Topliss-reactive ketones (excluding diaryl/α,β-unsaturated/α-hetero) is 1. The summed E-state index contributed by atoms with van der Waals surface area (Å²) in [6.07, 6.45) is 0. The molecule has 0 aliphatic rings. The summed E-state index contributed by atoms with van der Waals surface area (Å²) in [7, 11) is 0. The van der Waals surface area contributed by atoms with Crippen molar-refractivity contribution >= 4 is 47.1 Å². The molecule has 2 aromatic carbocycles. The number of nitrogens with two attached hydrogens (primary N) is 1. The van der Waals surface area contributed by atoms with E-state index in [1.54, 1.807) is 24.3 Å². The first-order valence-corrected chi connectivity index (χ1v) is 6.89. The number of carbonyl (C=O) groups excluding carboxylic acids is 1. The molecule has 0 saturated heterocycles. The van der Waals surface area contributed by atoms with Crippen molar-refractivity contribution in [2.24, 2.45) is 5.73 Å². The highest BCUT2D eigenvalue weighted by Gasteiger charge is 2.24. The average Bonchev–Trinajstić information content (AvgIpc) is 2.48. The average molecular weight is 378 g/mol. The maximum Gasteiger partial charge on any atom is 0.192 e. The summed E-state index contributed by atoms with van der Waals surface area (Å²) in [5.41, 5.74) is 5.32. The Bertz CT molecular complexity index is 726. The Hall–Kier alpha value is -1.60. The van der Waals surface area contributed by atoms with E-state index in [-0.39, 0.29) is 23.0 Å². The van der Waals surface area contributed by atoms with Gasteiger partial charge in [0.25, 0.3) is 0 Å². The number of hydrogen-bond acceptors (Lipinski definition) is 4. The lowest BCUT2D eigenvalue weighted by Crippen LogP contribution is -2.40. The smallest absolute Gasteiger partial charge is 0.192 e. The van der Waals surface area contributed by atoms with Crippen LogP contribution in [-0.4, -0.2) is 16.9 Å². The molecule has 0 aliphatic heterocycles. The number of halogens is 4. The minimum Gasteiger partial charge on any atom is -0.448 e. The van der Waals surface area contributed by atoms with E-state index in [0.717, 1.165) is 12.1 Å². The van der Waals surface area contributed by atoms with Crippen LogP contribution in [0.4, 0.5) is 8.78 Å². The monoisotopic (exact) mass is 377 g/mol. The Morgan fingerprint density at radius 1 is 1.17 bits per heavy atom. The quantitative estimate of drug-likeness (QED) is 0.647. The van der Waals surface area contributed by atoms with Gasteiger partial charge in [-0.15, -0.1) is 12.4 Å². The van der Waals surface area contributed by atoms with Crippen molar-refractivity contribution in [3.63, 3.8) is 0 Å². The number of ether oxygens (including phenoxy) is 1. The van der Waals surface area contributed by atoms with Crippen molar-refractivity contribution in [3.05, 3.63) is 64.7 Å². The maximum atomic E-state index is 13.6. The lowest BCUT2D eigenvalue weighted by atomic mass is 10.0. The van der Waals surface area contributed by atoms with E-state index >= 15 is 0 Å². The minimum absolute atomic E-state index is 0. The van der Waals surface area contributed by atoms with E-state index in [9.17, 15) is 13.6 Å². The third-order valence-corrected chi connectivity index (χ3v) is 3.35. The highest BCUT2D eigenvalue weighted by Crippen LogP contribution is 2.17. The van der Waals surface area contributed by atoms with Gasteiger partial charge < -0.3 is 10.5 Å². The van der Waals surface area contributed by atoms with Crippen LogP contribution in [0.15, 0.2) is 42.5 Å². The molecule has 1 unspecified atom stereocenters. The van der Waals surface area contributed by atoms with E-state index in [1.807, 2.05) is 0 Å². The second kappa shape index (κ2) is 8.31. The standard InChI is InChI=1S/C15H10ClF2NO2S.ClH/c16-8-1-4-10(5-2-8)21-15(22)13(19)14(20)11-6-3-9(17)7-12(11)18;/h1-7,13H,19H2;1H. The van der Waals surface area contributed by atoms with E-state index in [4.69, 9.17) is 34.3 Å². The van der Waals surface area contributed by atoms with Gasteiger partial charge in [-0.05, 0) is 48.6 Å². The molecule has 3 nitrogen and oxygen atoms in total. The predicted octanol–water partition coefficient (Wildman–Crippen LogP) is 3.96. The minimum atomic E-state index is -1.36. The zero-order chi connectivity index (χ0) is 16.3. The van der Waals surface area contributed by atoms with Crippen LogP contribution in [0.3, 0.4) is 0 Å². The Kier molecular flexibility index (Phi) is 7.02. The normalized spacial score (nSPS) is 11.3. The second-order valence-corrected chi connectivity index (χ2v) is 5.18. The SMILES string of the molecule is Cl.NC(C(=O)c1ccc(F)cc1F)C(=S)Oc1ccc(Cl)cc1. The summed E-state index contributed by atoms with van der Waals surface area (Å²) in [5.74, 6) is -2.24. The lowest BCUT2D eigenvalue weighted by molar-refractivity contribution is 0.0976. The van der Waals surface area contributed by atoms with Crippen molar-refractivity contribution in [3.8, 4) is 5.75 Å². The number of ketones is 1. The lowest BCUT2D eigenvalue weighted by Gasteiger charge is -2.13. The van der Waals surface area contributed by atoms with Crippen molar-refractivity contribution in [2.75, 3.05) is 0 Å². The molecule has 0 radical (unpaired) electrons. The predicted molar refractivity (Wildman–Crippen MR) is 90.6 cm³/mol. The first-order valence-electron chi connectivity index (χ1n) is 6.10. The highest BCUT2D eigenvalue weighted by molar-refractivity contribution is 7.80. The summed E-state index contributed by atoms with van der Waals surface area (Å²) in [5, 5.41) is 0.281. The first-order chi connectivity index (χ1) is 10.4. The van der Waals surface area contributed by atoms with Crippen molar-refractivity contribution in [1.29, 1.82) is 0 Å². The van der Waals surface area contributed by atoms with Crippen molar-refractivity contribution in [1.82, 2.24) is 0 Å². The van der Waals surface area contributed by atoms with E-state index < -0.39 is 23.5 Å². The maximum absolute atomic E-state index is 13.6. The van der Waals surface area contributed by atoms with Crippen LogP contribution in [0.1, 0.15) is 10.4 Å². The number of thiocarbonyl (C=S) groups is 1. The molecule has 2 rings (SSSR count). The van der Waals surface area contributed by atoms with Crippen molar-refractivity contribution < 1.29 is 18.3 Å². The highest BCUT2D eigenvalue weighted by atomic mass is 35.5. The van der Waals surface area contributed by atoms with Gasteiger partial charge in [-0.25, -0.2) is 8.78 Å². The van der Waals surface area contributed by atoms with Crippen LogP contribution in [0.25, 0.3) is 0 Å². The first kappa shape index (κ1) is 19.4. The summed E-state index contributed by atoms with van der Waals surface area (Å²) < 4.78 is 31.7. The van der Waals surface area contributed by atoms with Gasteiger partial charge in [0.2, 0.25) is 0 Å². The molecule has 2 N–H and O–H groups in total. The fraction of sp³-hybridized carbons (Fsp3) is 0.0667. The van der Waals surface area contributed by atoms with Gasteiger partial charge in [0.1, 0.15) is 23.4 Å². The van der Waals surface area contributed by atoms with Gasteiger partial charge in [-0.1, -0.05) is 11.6 Å². The summed E-state index contributed by atoms with van der Waals surface area (Å²) in [6, 6.07) is 7.46. The molecule has 122 valence electrons. The third kappa shape index (κ3) is 4.94. The van der Waals surface area contributed by atoms with Gasteiger partial charge in [-0.3, -0.25) is 4.79 Å². The second-order valence-electron chi connectivity index (χ2n) is 4.34. The molecule has 0 heterocycles. The molecule has 0 fully saturated rings. The Balaban J connectivity index is 0.00000264. The third-order valence-electron chi connectivity index (χ3n) is 2.77. The zero-order valence-electron chi connectivity index (χ0n) is 11.5. The largest absolute Gasteiger partial charge is 0.448 e. The van der Waals surface area contributed by atoms with Gasteiger partial charge in [0.15, 0.2) is 10.8 Å². The van der Waals surface area contributed by atoms with Crippen LogP contribution in [-0.2, 0) is 0 Å². The van der Waals surface area contributed by atoms with Crippen LogP contribution in [0.5, 0.6) is 5.75 Å². The molecular formula is C15H11Cl2F2NO2S. The van der Waals surface area contributed by atoms with Crippen LogP contribution < -0.4 is 10.5 Å². The Labute approximate surface area is 147 Å². The van der Waals surface area contributed by atoms with Crippen LogP contribution in [0.2, 0.25) is 5.02 Å². The van der Waals surface area contributed by atoms with Crippen molar-refractivity contribution in [2.45, 2.75) is 6.04 Å². The molecule has 0 amide bonds. The Morgan fingerprint density at radius 3 is 2.35 bits per heavy atom. The molecule has 23 heavy (non-hydrogen) atoms. The van der Waals surface area contributed by atoms with Gasteiger partial charge in [-0.2, -0.15) is 0 Å². The summed E-state index contributed by atoms with van der Waals surface area (Å²) in [6.45, 7) is 0. The van der Waals surface area contributed by atoms with Gasteiger partial charge in [0.05, 0.1) is 5.56 Å². The molecule has 2 aromatic rings. The number of rotatable bonds is 4. The molecule has 0 aromatic heterocycles. The van der Waals surface area contributed by atoms with Gasteiger partial charge >= 0.3 is 0 Å². The summed E-state index contributed by atoms with van der Waals surface area (Å²) >= 11 is 10.7. The number of benzene rings is 2. The number of carbonyl (C=O) groups is 1. The zero-order valence-corrected chi connectivity index (χ0v) is 13.9. The molecular weight excluding hydrogens is 367 g/mol. The van der Waals surface area contributed by atoms with E-state index in [1.165, 1.54) is 0 Å². The molecule has 0 bridgehead atoms. The fourth-order valence-electron chi connectivity index (χ4n) is 1.65. The molecule has 8 heteroatoms. The fourth-order valence-corrected chi connectivity index (χ4v) is 1.98. The van der Waals surface area contributed by atoms with Crippen LogP contribution >= 0.6 is 36.2 Å². The van der Waals surface area contributed by atoms with Gasteiger partial charge in [0, 0.05) is 11.1 Å². The topological polar surface area (TPSA) is 52.3 Å². The Morgan fingerprint density at radius 2 is 1.78 bits per heavy atom. The molecule has 0 spiro atoms. The van der Waals surface area contributed by atoms with Crippen LogP contribution in [0, 0.1) is 11.6 Å². The number of hydrogen-bond donors (Lipinski definition) is 1. The summed E-state index contributed by atoms with van der Waals surface area (Å²) in [4.78, 5) is 12.1.